The number of rotatable bonds is 13. The van der Waals surface area contributed by atoms with E-state index in [2.05, 4.69) is 10.6 Å². The van der Waals surface area contributed by atoms with E-state index in [1.165, 1.54) is 19.1 Å². The fourth-order valence-electron chi connectivity index (χ4n) is 3.90. The molecule has 15 heteroatoms. The summed E-state index contributed by atoms with van der Waals surface area (Å²) in [5.74, 6) is -3.88. The number of amides is 4. The van der Waals surface area contributed by atoms with Gasteiger partial charge in [-0.3, -0.25) is 28.9 Å². The lowest BCUT2D eigenvalue weighted by molar-refractivity contribution is -0.238. The summed E-state index contributed by atoms with van der Waals surface area (Å²) in [4.78, 5) is 71.2. The third-order valence-corrected chi connectivity index (χ3v) is 6.05. The van der Waals surface area contributed by atoms with Crippen molar-refractivity contribution in [3.8, 4) is 5.75 Å². The molecule has 0 aliphatic carbocycles. The summed E-state index contributed by atoms with van der Waals surface area (Å²) >= 11 is 0. The highest BCUT2D eigenvalue weighted by atomic mass is 16.7. The maximum absolute atomic E-state index is 12.7. The molecule has 0 saturated carbocycles. The maximum atomic E-state index is 12.7. The van der Waals surface area contributed by atoms with Gasteiger partial charge in [0.2, 0.25) is 18.1 Å². The van der Waals surface area contributed by atoms with Crippen LogP contribution in [0.5, 0.6) is 5.75 Å². The van der Waals surface area contributed by atoms with Crippen LogP contribution in [-0.4, -0.2) is 100 Å². The largest absolute Gasteiger partial charge is 0.479 e. The van der Waals surface area contributed by atoms with Crippen LogP contribution in [0.3, 0.4) is 0 Å². The van der Waals surface area contributed by atoms with Gasteiger partial charge in [-0.05, 0) is 23.8 Å². The van der Waals surface area contributed by atoms with E-state index in [0.29, 0.717) is 5.56 Å². The summed E-state index contributed by atoms with van der Waals surface area (Å²) in [6, 6.07) is 4.49. The van der Waals surface area contributed by atoms with Gasteiger partial charge in [0.15, 0.2) is 6.10 Å². The number of carbonyl (C=O) groups is 6. The average Bonchev–Trinajstić information content (AvgIpc) is 3.25. The quantitative estimate of drug-likeness (QED) is 0.143. The van der Waals surface area contributed by atoms with Crippen LogP contribution in [0.1, 0.15) is 31.7 Å². The number of aliphatic carboxylic acids is 1. The van der Waals surface area contributed by atoms with E-state index in [-0.39, 0.29) is 50.4 Å². The number of aliphatic hydroxyl groups excluding tert-OH is 2. The smallest absolute Gasteiger partial charge is 0.333 e. The molecule has 4 amide bonds. The van der Waals surface area contributed by atoms with Gasteiger partial charge >= 0.3 is 11.9 Å². The summed E-state index contributed by atoms with van der Waals surface area (Å²) in [6.07, 6.45) is -1.31. The third kappa shape index (κ3) is 9.22. The molecule has 1 fully saturated rings. The number of imide groups is 1. The molecule has 0 spiro atoms. The first-order valence-electron chi connectivity index (χ1n) is 12.9. The number of nitrogens with one attached hydrogen (secondary N) is 2. The molecule has 5 N–H and O–H groups in total. The molecule has 0 bridgehead atoms. The summed E-state index contributed by atoms with van der Waals surface area (Å²) in [7, 11) is 0. The van der Waals surface area contributed by atoms with Gasteiger partial charge in [-0.1, -0.05) is 12.1 Å². The number of ether oxygens (including phenoxy) is 3. The van der Waals surface area contributed by atoms with Crippen molar-refractivity contribution in [2.45, 2.75) is 50.8 Å². The first-order valence-corrected chi connectivity index (χ1v) is 12.9. The van der Waals surface area contributed by atoms with E-state index in [0.717, 1.165) is 17.1 Å². The predicted octanol–water partition coefficient (Wildman–Crippen LogP) is -0.677. The zero-order valence-corrected chi connectivity index (χ0v) is 22.6. The lowest BCUT2D eigenvalue weighted by Crippen LogP contribution is -2.52. The summed E-state index contributed by atoms with van der Waals surface area (Å²) in [5.41, 5.74) is 0.648. The maximum Gasteiger partial charge on any atom is 0.333 e. The summed E-state index contributed by atoms with van der Waals surface area (Å²) in [6.45, 7) is 1.09. The number of aliphatic hydroxyl groups is 2. The van der Waals surface area contributed by atoms with Crippen molar-refractivity contribution in [1.82, 2.24) is 10.2 Å². The number of carbonyl (C=O) groups excluding carboxylic acids is 5. The van der Waals surface area contributed by atoms with E-state index >= 15 is 0 Å². The standard InChI is InChI=1S/C27H31N3O12/c1-15(31)40-12-2-3-16-4-5-19(41-27-25(37)18(32)14-20(42-27)26(38)39)17(13-16)29-22(34)8-10-28-21(33)9-11-30-23(35)6-7-24(30)36/h2-7,13,18,20,25,27,32,37H,8-12,14H2,1H3,(H,28,33)(H,29,34)(H,38,39)/b3-2+/t18-,20-,25+,27+/m0/s1. The molecule has 0 aromatic heterocycles. The SMILES string of the molecule is CC(=O)OC/C=C/c1ccc(O[C@@H]2O[C@H](C(=O)O)C[C@H](O)[C@H]2O)c(NC(=O)CCNC(=O)CCN2C(=O)C=CC2=O)c1. The molecule has 1 aromatic rings. The molecule has 226 valence electrons. The van der Waals surface area contributed by atoms with Crippen LogP contribution in [0.15, 0.2) is 36.4 Å². The number of anilines is 1. The van der Waals surface area contributed by atoms with Crippen molar-refractivity contribution in [1.29, 1.82) is 0 Å². The number of benzene rings is 1. The van der Waals surface area contributed by atoms with Gasteiger partial charge in [-0.2, -0.15) is 0 Å². The van der Waals surface area contributed by atoms with Crippen molar-refractivity contribution < 1.29 is 58.3 Å². The number of hydrogen-bond donors (Lipinski definition) is 5. The minimum Gasteiger partial charge on any atom is -0.479 e. The third-order valence-electron chi connectivity index (χ3n) is 6.05. The van der Waals surface area contributed by atoms with Gasteiger partial charge in [0, 0.05) is 51.4 Å². The molecular formula is C27H31N3O12. The monoisotopic (exact) mass is 589 g/mol. The van der Waals surface area contributed by atoms with Crippen LogP contribution in [0.25, 0.3) is 6.08 Å². The number of esters is 1. The minimum atomic E-state index is -1.58. The zero-order valence-electron chi connectivity index (χ0n) is 22.6. The normalized spacial score (nSPS) is 21.8. The van der Waals surface area contributed by atoms with Gasteiger partial charge in [-0.15, -0.1) is 0 Å². The van der Waals surface area contributed by atoms with E-state index in [9.17, 15) is 44.1 Å². The lowest BCUT2D eigenvalue weighted by Gasteiger charge is -2.35. The number of carboxylic acids is 1. The summed E-state index contributed by atoms with van der Waals surface area (Å²) < 4.78 is 15.8. The van der Waals surface area contributed by atoms with Crippen molar-refractivity contribution in [3.63, 3.8) is 0 Å². The van der Waals surface area contributed by atoms with Crippen molar-refractivity contribution in [2.24, 2.45) is 0 Å². The molecule has 4 atom stereocenters. The molecule has 2 aliphatic rings. The van der Waals surface area contributed by atoms with Crippen LogP contribution in [0, 0.1) is 0 Å². The van der Waals surface area contributed by atoms with Gasteiger partial charge in [-0.25, -0.2) is 4.79 Å². The van der Waals surface area contributed by atoms with Crippen LogP contribution in [0.4, 0.5) is 5.69 Å². The summed E-state index contributed by atoms with van der Waals surface area (Å²) in [5, 5.41) is 34.8. The van der Waals surface area contributed by atoms with Crippen LogP contribution in [-0.2, 0) is 38.2 Å². The molecule has 1 aromatic carbocycles. The molecule has 0 unspecified atom stereocenters. The molecule has 15 nitrogen and oxygen atoms in total. The molecule has 0 radical (unpaired) electrons. The highest BCUT2D eigenvalue weighted by Gasteiger charge is 2.41. The van der Waals surface area contributed by atoms with Crippen molar-refractivity contribution in [3.05, 3.63) is 42.0 Å². The Morgan fingerprint density at radius 3 is 2.48 bits per heavy atom. The lowest BCUT2D eigenvalue weighted by atomic mass is 10.0. The minimum absolute atomic E-state index is 0.00212. The van der Waals surface area contributed by atoms with Crippen LogP contribution in [0.2, 0.25) is 0 Å². The molecule has 3 rings (SSSR count). The second kappa shape index (κ2) is 14.9. The highest BCUT2D eigenvalue weighted by Crippen LogP contribution is 2.31. The molecule has 2 aliphatic heterocycles. The van der Waals surface area contributed by atoms with Crippen molar-refractivity contribution >= 4 is 47.3 Å². The Bertz CT molecular complexity index is 1260. The second-order valence-corrected chi connectivity index (χ2v) is 9.26. The Morgan fingerprint density at radius 2 is 1.81 bits per heavy atom. The molecule has 42 heavy (non-hydrogen) atoms. The fraction of sp³-hybridized carbons (Fsp3) is 0.407. The number of hydrogen-bond acceptors (Lipinski definition) is 11. The average molecular weight is 590 g/mol. The van der Waals surface area contributed by atoms with E-state index in [4.69, 9.17) is 14.2 Å². The topological polar surface area (TPSA) is 218 Å². The van der Waals surface area contributed by atoms with E-state index in [1.807, 2.05) is 0 Å². The second-order valence-electron chi connectivity index (χ2n) is 9.26. The molecule has 1 saturated heterocycles. The highest BCUT2D eigenvalue weighted by molar-refractivity contribution is 6.13. The fourth-order valence-corrected chi connectivity index (χ4v) is 3.90. The predicted molar refractivity (Wildman–Crippen MR) is 142 cm³/mol. The van der Waals surface area contributed by atoms with Gasteiger partial charge in [0.1, 0.15) is 18.5 Å². The Hall–Kier alpha value is -4.60. The molecule has 2 heterocycles. The first-order chi connectivity index (χ1) is 19.9. The van der Waals surface area contributed by atoms with Crippen molar-refractivity contribution in [2.75, 3.05) is 25.0 Å². The molecular weight excluding hydrogens is 558 g/mol. The van der Waals surface area contributed by atoms with E-state index in [1.54, 1.807) is 18.2 Å². The van der Waals surface area contributed by atoms with Gasteiger partial charge < -0.3 is 40.2 Å². The number of carboxylic acid groups (broad SMARTS) is 1. The number of nitrogens with zero attached hydrogens (tertiary/aromatic N) is 1. The first kappa shape index (κ1) is 31.9. The van der Waals surface area contributed by atoms with E-state index < -0.39 is 60.2 Å². The zero-order chi connectivity index (χ0) is 30.8. The Labute approximate surface area is 239 Å². The Balaban J connectivity index is 1.64. The Kier molecular flexibility index (Phi) is 11.3. The van der Waals surface area contributed by atoms with Crippen LogP contribution < -0.4 is 15.4 Å². The van der Waals surface area contributed by atoms with Crippen LogP contribution >= 0.6 is 0 Å². The Morgan fingerprint density at radius 1 is 1.10 bits per heavy atom. The van der Waals surface area contributed by atoms with Gasteiger partial charge in [0.05, 0.1) is 11.8 Å². The van der Waals surface area contributed by atoms with Gasteiger partial charge in [0.25, 0.3) is 11.8 Å².